The fourth-order valence-corrected chi connectivity index (χ4v) is 3.31. The van der Waals surface area contributed by atoms with E-state index in [1.807, 2.05) is 6.92 Å². The Balaban J connectivity index is 2.22. The molecule has 0 saturated carbocycles. The molecular formula is C23H28F2N2O4. The van der Waals surface area contributed by atoms with E-state index in [2.05, 4.69) is 10.6 Å². The smallest absolute Gasteiger partial charge is 0.257 e. The summed E-state index contributed by atoms with van der Waals surface area (Å²) in [4.78, 5) is 25.4. The summed E-state index contributed by atoms with van der Waals surface area (Å²) in [5, 5.41) is 5.31. The van der Waals surface area contributed by atoms with Crippen LogP contribution in [-0.2, 0) is 4.79 Å². The Morgan fingerprint density at radius 1 is 0.935 bits per heavy atom. The summed E-state index contributed by atoms with van der Waals surface area (Å²) in [6.07, 6.45) is 0. The number of halogens is 2. The van der Waals surface area contributed by atoms with Gasteiger partial charge < -0.3 is 20.1 Å². The number of nitrogens with one attached hydrogen (secondary N) is 2. The second-order valence-corrected chi connectivity index (χ2v) is 7.59. The van der Waals surface area contributed by atoms with Crippen molar-refractivity contribution in [3.8, 4) is 11.5 Å². The number of amides is 2. The summed E-state index contributed by atoms with van der Waals surface area (Å²) in [6.45, 7) is 7.13. The van der Waals surface area contributed by atoms with Gasteiger partial charge in [0.1, 0.15) is 23.2 Å². The first-order chi connectivity index (χ1) is 14.6. The zero-order valence-corrected chi connectivity index (χ0v) is 18.5. The molecule has 0 aliphatic carbocycles. The molecular weight excluding hydrogens is 406 g/mol. The summed E-state index contributed by atoms with van der Waals surface area (Å²) < 4.78 is 38.5. The number of carbonyl (C=O) groups excluding carboxylic acids is 2. The molecule has 0 fully saturated rings. The summed E-state index contributed by atoms with van der Waals surface area (Å²) in [7, 11) is 3.06. The van der Waals surface area contributed by atoms with E-state index in [0.717, 1.165) is 23.3 Å². The van der Waals surface area contributed by atoms with Gasteiger partial charge in [-0.05, 0) is 55.2 Å². The number of benzene rings is 2. The lowest BCUT2D eigenvalue weighted by Gasteiger charge is -2.25. The standard InChI is InChI=1S/C23H28F2N2O4/c1-12(2)21(27-22(28)20-16(24)8-7-9-17(20)25)23(29)26-14(4)15-11-19(31-6)18(30-5)10-13(15)3/h7-12,14,21H,1-6H3,(H,26,29)(H,27,28). The largest absolute Gasteiger partial charge is 0.493 e. The molecule has 0 saturated heterocycles. The lowest BCUT2D eigenvalue weighted by atomic mass is 9.99. The predicted molar refractivity (Wildman–Crippen MR) is 113 cm³/mol. The average molecular weight is 434 g/mol. The van der Waals surface area contributed by atoms with Crippen LogP contribution < -0.4 is 20.1 Å². The predicted octanol–water partition coefficient (Wildman–Crippen LogP) is 3.92. The number of carbonyl (C=O) groups is 2. The molecule has 0 heterocycles. The molecule has 2 aromatic rings. The Morgan fingerprint density at radius 3 is 2.00 bits per heavy atom. The maximum atomic E-state index is 13.9. The highest BCUT2D eigenvalue weighted by Crippen LogP contribution is 2.33. The Kier molecular flexibility index (Phi) is 7.96. The molecule has 2 rings (SSSR count). The molecule has 2 unspecified atom stereocenters. The maximum Gasteiger partial charge on any atom is 0.257 e. The molecule has 6 nitrogen and oxygen atoms in total. The summed E-state index contributed by atoms with van der Waals surface area (Å²) in [5.41, 5.74) is 0.966. The van der Waals surface area contributed by atoms with Crippen molar-refractivity contribution in [3.63, 3.8) is 0 Å². The second kappa shape index (κ2) is 10.2. The number of aryl methyl sites for hydroxylation is 1. The van der Waals surface area contributed by atoms with Gasteiger partial charge in [0.15, 0.2) is 11.5 Å². The first-order valence-corrected chi connectivity index (χ1v) is 9.88. The van der Waals surface area contributed by atoms with E-state index in [4.69, 9.17) is 9.47 Å². The van der Waals surface area contributed by atoms with Crippen molar-refractivity contribution in [2.45, 2.75) is 39.8 Å². The molecule has 2 N–H and O–H groups in total. The molecule has 0 aliphatic rings. The van der Waals surface area contributed by atoms with Crippen LogP contribution in [-0.4, -0.2) is 32.1 Å². The minimum Gasteiger partial charge on any atom is -0.493 e. The van der Waals surface area contributed by atoms with Gasteiger partial charge in [-0.3, -0.25) is 9.59 Å². The van der Waals surface area contributed by atoms with Crippen molar-refractivity contribution in [2.75, 3.05) is 14.2 Å². The van der Waals surface area contributed by atoms with E-state index in [1.54, 1.807) is 32.9 Å². The fraction of sp³-hybridized carbons (Fsp3) is 0.391. The molecule has 0 aromatic heterocycles. The van der Waals surface area contributed by atoms with Crippen molar-refractivity contribution in [2.24, 2.45) is 5.92 Å². The van der Waals surface area contributed by atoms with Crippen LogP contribution in [0.4, 0.5) is 8.78 Å². The van der Waals surface area contributed by atoms with Crippen LogP contribution in [0.15, 0.2) is 30.3 Å². The van der Waals surface area contributed by atoms with Crippen molar-refractivity contribution >= 4 is 11.8 Å². The zero-order chi connectivity index (χ0) is 23.3. The molecule has 8 heteroatoms. The van der Waals surface area contributed by atoms with Crippen molar-refractivity contribution in [1.82, 2.24) is 10.6 Å². The molecule has 2 aromatic carbocycles. The fourth-order valence-electron chi connectivity index (χ4n) is 3.31. The van der Waals surface area contributed by atoms with Gasteiger partial charge >= 0.3 is 0 Å². The third-order valence-electron chi connectivity index (χ3n) is 5.02. The molecule has 0 radical (unpaired) electrons. The summed E-state index contributed by atoms with van der Waals surface area (Å²) in [5.74, 6) is -2.67. The average Bonchev–Trinajstić information content (AvgIpc) is 2.71. The highest BCUT2D eigenvalue weighted by molar-refractivity contribution is 5.98. The van der Waals surface area contributed by atoms with Gasteiger partial charge in [-0.2, -0.15) is 0 Å². The molecule has 2 amide bonds. The third-order valence-corrected chi connectivity index (χ3v) is 5.02. The molecule has 0 aliphatic heterocycles. The van der Waals surface area contributed by atoms with Crippen LogP contribution in [0.25, 0.3) is 0 Å². The number of methoxy groups -OCH3 is 2. The highest BCUT2D eigenvalue weighted by Gasteiger charge is 2.28. The molecule has 31 heavy (non-hydrogen) atoms. The summed E-state index contributed by atoms with van der Waals surface area (Å²) in [6, 6.07) is 5.32. The van der Waals surface area contributed by atoms with Crippen molar-refractivity contribution in [1.29, 1.82) is 0 Å². The van der Waals surface area contributed by atoms with Gasteiger partial charge in [0.05, 0.1) is 20.3 Å². The van der Waals surface area contributed by atoms with Crippen LogP contribution in [0, 0.1) is 24.5 Å². The first kappa shape index (κ1) is 24.1. The van der Waals surface area contributed by atoms with E-state index in [-0.39, 0.29) is 5.92 Å². The van der Waals surface area contributed by atoms with Gasteiger partial charge in [0, 0.05) is 0 Å². The van der Waals surface area contributed by atoms with E-state index < -0.39 is 41.1 Å². The minimum atomic E-state index is -0.991. The number of hydrogen-bond donors (Lipinski definition) is 2. The van der Waals surface area contributed by atoms with Gasteiger partial charge in [0.25, 0.3) is 5.91 Å². The Morgan fingerprint density at radius 2 is 1.48 bits per heavy atom. The Labute approximate surface area is 180 Å². The lowest BCUT2D eigenvalue weighted by Crippen LogP contribution is -2.50. The number of rotatable bonds is 8. The van der Waals surface area contributed by atoms with Gasteiger partial charge in [-0.15, -0.1) is 0 Å². The monoisotopic (exact) mass is 434 g/mol. The molecule has 0 bridgehead atoms. The SMILES string of the molecule is COc1cc(C)c(C(C)NC(=O)C(NC(=O)c2c(F)cccc2F)C(C)C)cc1OC. The van der Waals surface area contributed by atoms with Crippen LogP contribution >= 0.6 is 0 Å². The quantitative estimate of drug-likeness (QED) is 0.660. The van der Waals surface area contributed by atoms with E-state index in [0.29, 0.717) is 11.5 Å². The van der Waals surface area contributed by atoms with Gasteiger partial charge in [0.2, 0.25) is 5.91 Å². The zero-order valence-electron chi connectivity index (χ0n) is 18.5. The van der Waals surface area contributed by atoms with E-state index in [1.165, 1.54) is 20.3 Å². The van der Waals surface area contributed by atoms with Gasteiger partial charge in [-0.1, -0.05) is 19.9 Å². The maximum absolute atomic E-state index is 13.9. The minimum absolute atomic E-state index is 0.322. The van der Waals surface area contributed by atoms with Crippen LogP contribution in [0.1, 0.15) is 48.3 Å². The number of ether oxygens (including phenoxy) is 2. The van der Waals surface area contributed by atoms with E-state index in [9.17, 15) is 18.4 Å². The third kappa shape index (κ3) is 5.51. The summed E-state index contributed by atoms with van der Waals surface area (Å²) >= 11 is 0. The van der Waals surface area contributed by atoms with Crippen molar-refractivity contribution in [3.05, 3.63) is 58.7 Å². The van der Waals surface area contributed by atoms with Crippen LogP contribution in [0.2, 0.25) is 0 Å². The van der Waals surface area contributed by atoms with Crippen LogP contribution in [0.3, 0.4) is 0 Å². The van der Waals surface area contributed by atoms with Crippen LogP contribution in [0.5, 0.6) is 11.5 Å². The van der Waals surface area contributed by atoms with Gasteiger partial charge in [-0.25, -0.2) is 8.78 Å². The lowest BCUT2D eigenvalue weighted by molar-refractivity contribution is -0.124. The topological polar surface area (TPSA) is 76.7 Å². The normalized spacial score (nSPS) is 12.8. The van der Waals surface area contributed by atoms with E-state index >= 15 is 0 Å². The Hall–Kier alpha value is -3.16. The molecule has 168 valence electrons. The first-order valence-electron chi connectivity index (χ1n) is 9.88. The Bertz CT molecular complexity index is 943. The highest BCUT2D eigenvalue weighted by atomic mass is 19.1. The van der Waals surface area contributed by atoms with Crippen molar-refractivity contribution < 1.29 is 27.8 Å². The molecule has 0 spiro atoms. The second-order valence-electron chi connectivity index (χ2n) is 7.59. The number of hydrogen-bond acceptors (Lipinski definition) is 4. The molecule has 2 atom stereocenters.